The van der Waals surface area contributed by atoms with E-state index in [1.54, 1.807) is 19.4 Å². The molecule has 4 heterocycles. The van der Waals surface area contributed by atoms with Crippen molar-refractivity contribution in [2.45, 2.75) is 64.5 Å². The highest BCUT2D eigenvalue weighted by Gasteiger charge is 2.35. The van der Waals surface area contributed by atoms with Crippen molar-refractivity contribution in [3.63, 3.8) is 0 Å². The molecule has 2 aromatic heterocycles. The van der Waals surface area contributed by atoms with E-state index in [1.165, 1.54) is 26.1 Å². The van der Waals surface area contributed by atoms with Crippen LogP contribution in [0.3, 0.4) is 0 Å². The number of piperazine rings is 1. The fourth-order valence-electron chi connectivity index (χ4n) is 8.23. The quantitative estimate of drug-likeness (QED) is 0.252. The topological polar surface area (TPSA) is 124 Å². The Morgan fingerprint density at radius 1 is 1.02 bits per heavy atom. The number of amides is 2. The number of carbonyl (C=O) groups is 2. The summed E-state index contributed by atoms with van der Waals surface area (Å²) in [5.74, 6) is 0.356. The second-order valence-corrected chi connectivity index (χ2v) is 16.7. The number of H-pyrrole nitrogens is 1. The van der Waals surface area contributed by atoms with Crippen molar-refractivity contribution in [2.75, 3.05) is 47.4 Å². The van der Waals surface area contributed by atoms with Crippen molar-refractivity contribution in [3.05, 3.63) is 70.5 Å². The van der Waals surface area contributed by atoms with Crippen LogP contribution in [0.5, 0.6) is 5.75 Å². The van der Waals surface area contributed by atoms with Crippen LogP contribution in [0.4, 0.5) is 0 Å². The van der Waals surface area contributed by atoms with Crippen molar-refractivity contribution >= 4 is 44.6 Å². The molecule has 4 aromatic rings. The van der Waals surface area contributed by atoms with E-state index in [4.69, 9.17) is 4.74 Å². The molecule has 13 heteroatoms. The number of nitrogens with one attached hydrogen (secondary N) is 2. The zero-order chi connectivity index (χ0) is 36.9. The molecule has 276 valence electrons. The standard InChI is InChI=1S/C39H49N7O5S/c1-25(2)44-16-18-45(19-17-44)39(48)33-23-40-43(5)36(33)29-20-28-21-30(51-6)13-15-31(28)37-35(26-10-8-7-9-11-26)32-14-12-27(22-34(32)46(37)24-29)38(47)41-52(49,50)42(3)4/h12-15,20-23,25-26H,7-11,16-19,24H2,1-6H3,(H,41,47)/p+1. The first kappa shape index (κ1) is 35.9. The zero-order valence-corrected chi connectivity index (χ0v) is 31.8. The van der Waals surface area contributed by atoms with Gasteiger partial charge >= 0.3 is 10.2 Å². The number of ether oxygens (including phenoxy) is 1. The van der Waals surface area contributed by atoms with Crippen LogP contribution < -0.4 is 14.1 Å². The molecule has 0 spiro atoms. The molecule has 0 bridgehead atoms. The van der Waals surface area contributed by atoms with Gasteiger partial charge in [0, 0.05) is 73.9 Å². The van der Waals surface area contributed by atoms with Gasteiger partial charge in [0.25, 0.3) is 11.8 Å². The Morgan fingerprint density at radius 3 is 2.42 bits per heavy atom. The summed E-state index contributed by atoms with van der Waals surface area (Å²) in [5, 5.41) is 4.34. The molecular weight excluding hydrogens is 679 g/mol. The van der Waals surface area contributed by atoms with E-state index in [9.17, 15) is 18.0 Å². The molecule has 7 rings (SSSR count). The predicted molar refractivity (Wildman–Crippen MR) is 202 cm³/mol. The van der Waals surface area contributed by atoms with Crippen LogP contribution in [0, 0.1) is 0 Å². The third-order valence-corrected chi connectivity index (χ3v) is 12.5. The fourth-order valence-corrected chi connectivity index (χ4v) is 8.77. The summed E-state index contributed by atoms with van der Waals surface area (Å²) in [4.78, 5) is 32.0. The average Bonchev–Trinajstić information content (AvgIpc) is 3.62. The number of aromatic amines is 1. The molecule has 1 saturated heterocycles. The van der Waals surface area contributed by atoms with Crippen molar-refractivity contribution in [1.29, 1.82) is 0 Å². The molecular formula is C39H50N7O5S+. The van der Waals surface area contributed by atoms with E-state index in [1.807, 2.05) is 34.8 Å². The average molecular weight is 729 g/mol. The molecule has 2 amide bonds. The minimum atomic E-state index is -3.99. The third kappa shape index (κ3) is 6.54. The SMILES string of the molecule is COc1ccc2c(c1)C=C(c1c(C(=O)N3CCN(C(C)C)CC3)c[nH][n+]1C)Cn1c-2c(C2CCCCC2)c2ccc(C(=O)NS(=O)(=O)N(C)C)cc21. The number of fused-ring (bicyclic) bond motifs is 5. The van der Waals surface area contributed by atoms with Crippen molar-refractivity contribution in [3.8, 4) is 17.0 Å². The number of aromatic nitrogens is 3. The largest absolute Gasteiger partial charge is 0.497 e. The van der Waals surface area contributed by atoms with Gasteiger partial charge in [0.15, 0.2) is 7.05 Å². The predicted octanol–water partition coefficient (Wildman–Crippen LogP) is 4.77. The summed E-state index contributed by atoms with van der Waals surface area (Å²) in [6.45, 7) is 7.79. The maximum absolute atomic E-state index is 14.3. The molecule has 12 nitrogen and oxygen atoms in total. The van der Waals surface area contributed by atoms with Gasteiger partial charge < -0.3 is 14.2 Å². The van der Waals surface area contributed by atoms with Crippen molar-refractivity contribution in [1.82, 2.24) is 28.5 Å². The lowest BCUT2D eigenvalue weighted by molar-refractivity contribution is -0.728. The molecule has 1 saturated carbocycles. The van der Waals surface area contributed by atoms with Gasteiger partial charge in [0.2, 0.25) is 5.69 Å². The Balaban J connectivity index is 1.40. The van der Waals surface area contributed by atoms with E-state index < -0.39 is 16.1 Å². The summed E-state index contributed by atoms with van der Waals surface area (Å²) in [6, 6.07) is 12.1. The number of aryl methyl sites for hydroxylation is 1. The van der Waals surface area contributed by atoms with Crippen LogP contribution in [0.15, 0.2) is 42.6 Å². The van der Waals surface area contributed by atoms with Crippen LogP contribution in [-0.2, 0) is 23.8 Å². The lowest BCUT2D eigenvalue weighted by atomic mass is 9.81. The molecule has 52 heavy (non-hydrogen) atoms. The monoisotopic (exact) mass is 728 g/mol. The molecule has 2 aromatic carbocycles. The highest BCUT2D eigenvalue weighted by Crippen LogP contribution is 2.47. The Morgan fingerprint density at radius 2 is 1.75 bits per heavy atom. The Bertz CT molecular complexity index is 2170. The van der Waals surface area contributed by atoms with Gasteiger partial charge in [-0.05, 0) is 80.1 Å². The summed E-state index contributed by atoms with van der Waals surface area (Å²) in [7, 11) is 2.37. The third-order valence-electron chi connectivity index (χ3n) is 11.1. The minimum Gasteiger partial charge on any atom is -0.497 e. The maximum atomic E-state index is 14.3. The number of hydrogen-bond acceptors (Lipinski definition) is 6. The normalized spacial score (nSPS) is 17.2. The van der Waals surface area contributed by atoms with Crippen molar-refractivity contribution < 1.29 is 27.4 Å². The summed E-state index contributed by atoms with van der Waals surface area (Å²) < 4.78 is 38.4. The first-order valence-corrected chi connectivity index (χ1v) is 19.7. The number of nitrogens with zero attached hydrogens (tertiary/aromatic N) is 5. The molecule has 0 unspecified atom stereocenters. The van der Waals surface area contributed by atoms with Gasteiger partial charge in [-0.3, -0.25) is 14.5 Å². The van der Waals surface area contributed by atoms with E-state index in [2.05, 4.69) is 51.3 Å². The highest BCUT2D eigenvalue weighted by atomic mass is 32.2. The molecule has 2 N–H and O–H groups in total. The van der Waals surface area contributed by atoms with E-state index in [-0.39, 0.29) is 11.5 Å². The van der Waals surface area contributed by atoms with Crippen LogP contribution >= 0.6 is 0 Å². The first-order chi connectivity index (χ1) is 24.9. The Labute approximate surface area is 306 Å². The molecule has 3 aliphatic rings. The number of methoxy groups -OCH3 is 1. The summed E-state index contributed by atoms with van der Waals surface area (Å²) in [5.41, 5.74) is 7.79. The molecule has 0 atom stereocenters. The van der Waals surface area contributed by atoms with Crippen LogP contribution in [0.1, 0.15) is 89.4 Å². The lowest BCUT2D eigenvalue weighted by Gasteiger charge is -2.36. The second kappa shape index (κ2) is 14.2. The van der Waals surface area contributed by atoms with Gasteiger partial charge in [0.1, 0.15) is 11.3 Å². The van der Waals surface area contributed by atoms with Gasteiger partial charge in [0.05, 0.1) is 25.5 Å². The fraction of sp³-hybridized carbons (Fsp3) is 0.462. The highest BCUT2D eigenvalue weighted by molar-refractivity contribution is 7.87. The van der Waals surface area contributed by atoms with Gasteiger partial charge in [-0.2, -0.15) is 17.8 Å². The van der Waals surface area contributed by atoms with Gasteiger partial charge in [-0.25, -0.2) is 4.72 Å². The Hall–Kier alpha value is -4.46. The zero-order valence-electron chi connectivity index (χ0n) is 31.0. The Kier molecular flexibility index (Phi) is 9.79. The van der Waals surface area contributed by atoms with Crippen molar-refractivity contribution in [2.24, 2.45) is 7.05 Å². The number of hydrogen-bond donors (Lipinski definition) is 2. The summed E-state index contributed by atoms with van der Waals surface area (Å²) in [6.07, 6.45) is 9.61. The first-order valence-electron chi connectivity index (χ1n) is 18.3. The molecule has 1 aliphatic carbocycles. The van der Waals surface area contributed by atoms with Crippen LogP contribution in [0.25, 0.3) is 33.8 Å². The van der Waals surface area contributed by atoms with E-state index in [0.29, 0.717) is 37.2 Å². The van der Waals surface area contributed by atoms with E-state index >= 15 is 0 Å². The number of allylic oxidation sites excluding steroid dienone is 1. The molecule has 2 fully saturated rings. The summed E-state index contributed by atoms with van der Waals surface area (Å²) >= 11 is 0. The van der Waals surface area contributed by atoms with Crippen LogP contribution in [-0.4, -0.2) is 97.4 Å². The van der Waals surface area contributed by atoms with Gasteiger partial charge in [-0.1, -0.05) is 25.3 Å². The smallest absolute Gasteiger partial charge is 0.303 e. The van der Waals surface area contributed by atoms with E-state index in [0.717, 1.165) is 87.8 Å². The lowest BCUT2D eigenvalue weighted by Crippen LogP contribution is -2.51. The number of benzene rings is 2. The van der Waals surface area contributed by atoms with Gasteiger partial charge in [-0.15, -0.1) is 4.68 Å². The number of carbonyl (C=O) groups excluding carboxylic acids is 2. The second-order valence-electron chi connectivity index (χ2n) is 14.8. The van der Waals surface area contributed by atoms with Crippen LogP contribution in [0.2, 0.25) is 0 Å². The minimum absolute atomic E-state index is 0.00666. The molecule has 2 aliphatic heterocycles. The molecule has 0 radical (unpaired) electrons. The number of rotatable bonds is 8. The maximum Gasteiger partial charge on any atom is 0.303 e.